The minimum Gasteiger partial charge on any atom is -0.383 e. The van der Waals surface area contributed by atoms with Gasteiger partial charge in [-0.05, 0) is 12.5 Å². The molecular weight excluding hydrogens is 238 g/mol. The molecular formula is C14H17N5. The Morgan fingerprint density at radius 1 is 1.42 bits per heavy atom. The summed E-state index contributed by atoms with van der Waals surface area (Å²) in [6.07, 6.45) is 8.66. The molecule has 1 N–H and O–H groups in total. The molecule has 0 aromatic carbocycles. The van der Waals surface area contributed by atoms with Gasteiger partial charge in [-0.1, -0.05) is 19.8 Å². The average molecular weight is 255 g/mol. The van der Waals surface area contributed by atoms with Crippen molar-refractivity contribution in [1.29, 1.82) is 5.26 Å². The summed E-state index contributed by atoms with van der Waals surface area (Å²) >= 11 is 0. The molecule has 0 spiro atoms. The van der Waals surface area contributed by atoms with Crippen LogP contribution in [0.3, 0.4) is 0 Å². The summed E-state index contributed by atoms with van der Waals surface area (Å²) in [5.41, 5.74) is 1.38. The number of nitrogens with one attached hydrogen (secondary N) is 1. The summed E-state index contributed by atoms with van der Waals surface area (Å²) < 4.78 is 1.64. The number of hydrogen-bond acceptors (Lipinski definition) is 4. The minimum absolute atomic E-state index is 0.594. The Hall–Kier alpha value is -2.35. The van der Waals surface area contributed by atoms with E-state index in [0.717, 1.165) is 18.7 Å². The van der Waals surface area contributed by atoms with Crippen LogP contribution >= 0.6 is 0 Å². The van der Waals surface area contributed by atoms with Crippen molar-refractivity contribution in [2.75, 3.05) is 11.9 Å². The smallest absolute Gasteiger partial charge is 0.154 e. The lowest BCUT2D eigenvalue weighted by Crippen LogP contribution is -2.06. The summed E-state index contributed by atoms with van der Waals surface area (Å²) in [5.74, 6) is 0.653. The molecule has 0 aliphatic rings. The zero-order valence-electron chi connectivity index (χ0n) is 11.0. The highest BCUT2D eigenvalue weighted by Gasteiger charge is 2.05. The van der Waals surface area contributed by atoms with Gasteiger partial charge in [0.15, 0.2) is 5.82 Å². The van der Waals surface area contributed by atoms with Gasteiger partial charge in [-0.2, -0.15) is 10.4 Å². The molecule has 98 valence electrons. The number of nitrogens with zero attached hydrogens (tertiary/aromatic N) is 4. The number of unbranched alkanes of at least 4 members (excludes halogenated alkanes) is 2. The highest BCUT2D eigenvalue weighted by molar-refractivity contribution is 5.58. The van der Waals surface area contributed by atoms with E-state index in [-0.39, 0.29) is 0 Å². The topological polar surface area (TPSA) is 66.5 Å². The molecule has 5 nitrogen and oxygen atoms in total. The van der Waals surface area contributed by atoms with E-state index < -0.39 is 0 Å². The van der Waals surface area contributed by atoms with Gasteiger partial charge in [-0.15, -0.1) is 0 Å². The summed E-state index contributed by atoms with van der Waals surface area (Å²) in [6, 6.07) is 5.76. The van der Waals surface area contributed by atoms with Crippen LogP contribution in [0.15, 0.2) is 30.7 Å². The van der Waals surface area contributed by atoms with Crippen LogP contribution in [0.25, 0.3) is 5.82 Å². The fourth-order valence-electron chi connectivity index (χ4n) is 1.81. The molecule has 0 saturated heterocycles. The lowest BCUT2D eigenvalue weighted by molar-refractivity contribution is 0.743. The molecule has 0 unspecified atom stereocenters. The second-order valence-corrected chi connectivity index (χ2v) is 4.28. The zero-order valence-corrected chi connectivity index (χ0v) is 11.0. The maximum atomic E-state index is 9.20. The summed E-state index contributed by atoms with van der Waals surface area (Å²) in [6.45, 7) is 3.03. The molecule has 19 heavy (non-hydrogen) atoms. The summed E-state index contributed by atoms with van der Waals surface area (Å²) in [5, 5.41) is 16.6. The van der Waals surface area contributed by atoms with E-state index in [0.29, 0.717) is 11.4 Å². The molecule has 0 fully saturated rings. The van der Waals surface area contributed by atoms with E-state index in [4.69, 9.17) is 0 Å². The Kier molecular flexibility index (Phi) is 4.51. The van der Waals surface area contributed by atoms with Gasteiger partial charge in [0.2, 0.25) is 0 Å². The van der Waals surface area contributed by atoms with Crippen molar-refractivity contribution in [3.8, 4) is 11.9 Å². The van der Waals surface area contributed by atoms with E-state index in [1.807, 2.05) is 6.07 Å². The zero-order chi connectivity index (χ0) is 13.5. The summed E-state index contributed by atoms with van der Waals surface area (Å²) in [7, 11) is 0. The Morgan fingerprint density at radius 3 is 3.00 bits per heavy atom. The quantitative estimate of drug-likeness (QED) is 0.806. The third-order valence-electron chi connectivity index (χ3n) is 2.84. The third-order valence-corrected chi connectivity index (χ3v) is 2.84. The van der Waals surface area contributed by atoms with Crippen molar-refractivity contribution < 1.29 is 0 Å². The Bertz CT molecular complexity index is 554. The molecule has 5 heteroatoms. The SMILES string of the molecule is CCCCCNc1cnc(-n2cccn2)cc1C#N. The molecule has 0 saturated carbocycles. The molecule has 0 aliphatic carbocycles. The van der Waals surface area contributed by atoms with Crippen molar-refractivity contribution >= 4 is 5.69 Å². The number of rotatable bonds is 6. The Labute approximate surface area is 112 Å². The van der Waals surface area contributed by atoms with Crippen molar-refractivity contribution in [2.24, 2.45) is 0 Å². The van der Waals surface area contributed by atoms with Gasteiger partial charge in [-0.3, -0.25) is 0 Å². The third kappa shape index (κ3) is 3.32. The van der Waals surface area contributed by atoms with E-state index in [1.165, 1.54) is 12.8 Å². The molecule has 0 radical (unpaired) electrons. The van der Waals surface area contributed by atoms with Gasteiger partial charge in [0.1, 0.15) is 6.07 Å². The molecule has 0 bridgehead atoms. The van der Waals surface area contributed by atoms with Crippen LogP contribution in [-0.2, 0) is 0 Å². The first kappa shape index (κ1) is 13.1. The first-order valence-corrected chi connectivity index (χ1v) is 6.49. The Morgan fingerprint density at radius 2 is 2.32 bits per heavy atom. The second-order valence-electron chi connectivity index (χ2n) is 4.28. The van der Waals surface area contributed by atoms with Crippen LogP contribution < -0.4 is 5.32 Å². The van der Waals surface area contributed by atoms with Gasteiger partial charge >= 0.3 is 0 Å². The van der Waals surface area contributed by atoms with Crippen molar-refractivity contribution in [2.45, 2.75) is 26.2 Å². The molecule has 2 aromatic heterocycles. The minimum atomic E-state index is 0.594. The van der Waals surface area contributed by atoms with Gasteiger partial charge < -0.3 is 5.32 Å². The first-order valence-electron chi connectivity index (χ1n) is 6.49. The van der Waals surface area contributed by atoms with Crippen molar-refractivity contribution in [1.82, 2.24) is 14.8 Å². The molecule has 2 heterocycles. The fourth-order valence-corrected chi connectivity index (χ4v) is 1.81. The van der Waals surface area contributed by atoms with Crippen LogP contribution in [-0.4, -0.2) is 21.3 Å². The van der Waals surface area contributed by atoms with E-state index in [2.05, 4.69) is 28.4 Å². The van der Waals surface area contributed by atoms with Crippen molar-refractivity contribution in [3.05, 3.63) is 36.3 Å². The average Bonchev–Trinajstić information content (AvgIpc) is 2.98. The maximum Gasteiger partial charge on any atom is 0.154 e. The normalized spacial score (nSPS) is 10.1. The number of hydrogen-bond donors (Lipinski definition) is 1. The predicted octanol–water partition coefficient (Wildman–Crippen LogP) is 2.74. The monoisotopic (exact) mass is 255 g/mol. The number of aromatic nitrogens is 3. The predicted molar refractivity (Wildman–Crippen MR) is 74.1 cm³/mol. The highest BCUT2D eigenvalue weighted by atomic mass is 15.3. The molecule has 0 aliphatic heterocycles. The number of anilines is 1. The molecule has 2 rings (SSSR count). The van der Waals surface area contributed by atoms with Gasteiger partial charge in [0, 0.05) is 25.0 Å². The second kappa shape index (κ2) is 6.55. The largest absolute Gasteiger partial charge is 0.383 e. The molecule has 0 atom stereocenters. The van der Waals surface area contributed by atoms with Crippen LogP contribution in [0.2, 0.25) is 0 Å². The highest BCUT2D eigenvalue weighted by Crippen LogP contribution is 2.16. The summed E-state index contributed by atoms with van der Waals surface area (Å²) in [4.78, 5) is 4.32. The van der Waals surface area contributed by atoms with Crippen LogP contribution in [0, 0.1) is 11.3 Å². The first-order chi connectivity index (χ1) is 9.35. The molecule has 0 amide bonds. The Balaban J connectivity index is 2.11. The molecule has 2 aromatic rings. The van der Waals surface area contributed by atoms with Gasteiger partial charge in [-0.25, -0.2) is 9.67 Å². The van der Waals surface area contributed by atoms with E-state index in [9.17, 15) is 5.26 Å². The lowest BCUT2D eigenvalue weighted by atomic mass is 10.2. The maximum absolute atomic E-state index is 9.20. The number of nitriles is 1. The fraction of sp³-hybridized carbons (Fsp3) is 0.357. The van der Waals surface area contributed by atoms with Crippen molar-refractivity contribution in [3.63, 3.8) is 0 Å². The van der Waals surface area contributed by atoms with Crippen LogP contribution in [0.4, 0.5) is 5.69 Å². The van der Waals surface area contributed by atoms with E-state index >= 15 is 0 Å². The van der Waals surface area contributed by atoms with E-state index in [1.54, 1.807) is 29.3 Å². The number of pyridine rings is 1. The standard InChI is InChI=1S/C14H17N5/c1-2-3-4-6-16-13-11-17-14(9-12(13)10-15)19-8-5-7-18-19/h5,7-9,11,16H,2-4,6H2,1H3. The van der Waals surface area contributed by atoms with Crippen LogP contribution in [0.1, 0.15) is 31.7 Å². The van der Waals surface area contributed by atoms with Gasteiger partial charge in [0.25, 0.3) is 0 Å². The van der Waals surface area contributed by atoms with Gasteiger partial charge in [0.05, 0.1) is 17.4 Å². The lowest BCUT2D eigenvalue weighted by Gasteiger charge is -2.08. The van der Waals surface area contributed by atoms with Crippen LogP contribution in [0.5, 0.6) is 0 Å².